The van der Waals surface area contributed by atoms with Crippen molar-refractivity contribution in [2.24, 2.45) is 0 Å². The number of hydrogen-bond donors (Lipinski definition) is 1. The molecule has 1 aromatic heterocycles. The number of aryl methyl sites for hydroxylation is 1. The minimum Gasteiger partial charge on any atom is -0.349 e. The van der Waals surface area contributed by atoms with Crippen molar-refractivity contribution in [1.82, 2.24) is 19.0 Å². The van der Waals surface area contributed by atoms with E-state index in [-0.39, 0.29) is 23.2 Å². The van der Waals surface area contributed by atoms with E-state index < -0.39 is 10.0 Å². The Morgan fingerprint density at radius 2 is 2.11 bits per heavy atom. The van der Waals surface area contributed by atoms with Crippen LogP contribution < -0.4 is 5.32 Å². The molecule has 0 aromatic carbocycles. The van der Waals surface area contributed by atoms with Gasteiger partial charge in [-0.15, -0.1) is 0 Å². The highest BCUT2D eigenvalue weighted by Gasteiger charge is 2.25. The lowest BCUT2D eigenvalue weighted by Crippen LogP contribution is -2.36. The number of amides is 1. The van der Waals surface area contributed by atoms with E-state index in [0.717, 1.165) is 24.4 Å². The van der Waals surface area contributed by atoms with Crippen LogP contribution in [0.15, 0.2) is 0 Å². The van der Waals surface area contributed by atoms with Crippen LogP contribution in [0.1, 0.15) is 28.5 Å². The van der Waals surface area contributed by atoms with Crippen LogP contribution >= 0.6 is 11.5 Å². The smallest absolute Gasteiger partial charge is 0.281 e. The average molecular weight is 304 g/mol. The van der Waals surface area contributed by atoms with Crippen LogP contribution in [0, 0.1) is 6.92 Å². The number of aromatic nitrogens is 2. The van der Waals surface area contributed by atoms with E-state index in [4.69, 9.17) is 0 Å². The topological polar surface area (TPSA) is 92.3 Å². The standard InChI is InChI=1S/C10H16N4O3S2/c1-8-12-10(18-13-8)9(15)11-4-7-19(16,17)14-5-2-3-6-14/h2-7H2,1H3,(H,11,15). The molecule has 7 nitrogen and oxygen atoms in total. The summed E-state index contributed by atoms with van der Waals surface area (Å²) in [5.74, 6) is 0.0957. The predicted octanol–water partition coefficient (Wildman–Crippen LogP) is 0.00192. The third-order valence-electron chi connectivity index (χ3n) is 2.83. The summed E-state index contributed by atoms with van der Waals surface area (Å²) < 4.78 is 29.2. The first-order valence-corrected chi connectivity index (χ1v) is 8.43. The monoisotopic (exact) mass is 304 g/mol. The summed E-state index contributed by atoms with van der Waals surface area (Å²) in [6.07, 6.45) is 1.82. The van der Waals surface area contributed by atoms with Crippen molar-refractivity contribution in [1.29, 1.82) is 0 Å². The fourth-order valence-electron chi connectivity index (χ4n) is 1.85. The second kappa shape index (κ2) is 5.93. The molecule has 2 heterocycles. The molecule has 9 heteroatoms. The van der Waals surface area contributed by atoms with Gasteiger partial charge in [-0.1, -0.05) is 0 Å². The minimum absolute atomic E-state index is 0.0729. The summed E-state index contributed by atoms with van der Waals surface area (Å²) in [6, 6.07) is 0. The van der Waals surface area contributed by atoms with Crippen molar-refractivity contribution in [2.75, 3.05) is 25.4 Å². The highest BCUT2D eigenvalue weighted by atomic mass is 32.2. The predicted molar refractivity (Wildman–Crippen MR) is 71.6 cm³/mol. The Morgan fingerprint density at radius 3 is 2.68 bits per heavy atom. The number of nitrogens with zero attached hydrogens (tertiary/aromatic N) is 3. The summed E-state index contributed by atoms with van der Waals surface area (Å²) in [5.41, 5.74) is 0. The molecule has 2 rings (SSSR count). The molecule has 1 amide bonds. The van der Waals surface area contributed by atoms with Crippen molar-refractivity contribution in [3.8, 4) is 0 Å². The normalized spacial score (nSPS) is 16.7. The maximum absolute atomic E-state index is 11.9. The number of carbonyl (C=O) groups is 1. The molecule has 0 spiro atoms. The molecule has 0 saturated carbocycles. The SMILES string of the molecule is Cc1nsc(C(=O)NCCS(=O)(=O)N2CCCC2)n1. The van der Waals surface area contributed by atoms with Crippen LogP contribution in [0.25, 0.3) is 0 Å². The Morgan fingerprint density at radius 1 is 1.42 bits per heavy atom. The average Bonchev–Trinajstić information content (AvgIpc) is 2.99. The number of rotatable bonds is 5. The van der Waals surface area contributed by atoms with Gasteiger partial charge in [-0.3, -0.25) is 4.79 Å². The van der Waals surface area contributed by atoms with Gasteiger partial charge in [0.25, 0.3) is 5.91 Å². The summed E-state index contributed by atoms with van der Waals surface area (Å²) >= 11 is 1.01. The largest absolute Gasteiger partial charge is 0.349 e. The van der Waals surface area contributed by atoms with Gasteiger partial charge in [0.2, 0.25) is 15.0 Å². The highest BCUT2D eigenvalue weighted by molar-refractivity contribution is 7.89. The molecule has 1 fully saturated rings. The van der Waals surface area contributed by atoms with Crippen LogP contribution in [0.5, 0.6) is 0 Å². The molecule has 106 valence electrons. The van der Waals surface area contributed by atoms with Gasteiger partial charge in [-0.2, -0.15) is 4.37 Å². The maximum Gasteiger partial charge on any atom is 0.281 e. The van der Waals surface area contributed by atoms with E-state index in [2.05, 4.69) is 14.7 Å². The summed E-state index contributed by atoms with van der Waals surface area (Å²) in [6.45, 7) is 2.97. The van der Waals surface area contributed by atoms with E-state index in [9.17, 15) is 13.2 Å². The zero-order chi connectivity index (χ0) is 13.9. The lowest BCUT2D eigenvalue weighted by molar-refractivity contribution is 0.0955. The molecule has 0 radical (unpaired) electrons. The number of carbonyl (C=O) groups excluding carboxylic acids is 1. The quantitative estimate of drug-likeness (QED) is 0.827. The van der Waals surface area contributed by atoms with Gasteiger partial charge >= 0.3 is 0 Å². The third kappa shape index (κ3) is 3.71. The molecule has 1 aliphatic rings. The first kappa shape index (κ1) is 14.4. The second-order valence-corrected chi connectivity index (χ2v) is 7.17. The molecular weight excluding hydrogens is 288 g/mol. The Hall–Kier alpha value is -1.06. The summed E-state index contributed by atoms with van der Waals surface area (Å²) in [5, 5.41) is 2.82. The number of nitrogens with one attached hydrogen (secondary N) is 1. The fraction of sp³-hybridized carbons (Fsp3) is 0.700. The molecule has 1 saturated heterocycles. The lowest BCUT2D eigenvalue weighted by Gasteiger charge is -2.15. The summed E-state index contributed by atoms with van der Waals surface area (Å²) in [7, 11) is -3.25. The molecule has 1 N–H and O–H groups in total. The zero-order valence-electron chi connectivity index (χ0n) is 10.6. The fourth-order valence-corrected chi connectivity index (χ4v) is 3.87. The molecule has 1 aliphatic heterocycles. The van der Waals surface area contributed by atoms with Gasteiger partial charge in [-0.05, 0) is 31.3 Å². The summed E-state index contributed by atoms with van der Waals surface area (Å²) in [4.78, 5) is 15.6. The van der Waals surface area contributed by atoms with Crippen molar-refractivity contribution in [2.45, 2.75) is 19.8 Å². The van der Waals surface area contributed by atoms with Gasteiger partial charge in [0.05, 0.1) is 5.75 Å². The third-order valence-corrected chi connectivity index (χ3v) is 5.50. The van der Waals surface area contributed by atoms with Crippen LogP contribution in [0.4, 0.5) is 0 Å². The van der Waals surface area contributed by atoms with Crippen molar-refractivity contribution in [3.05, 3.63) is 10.8 Å². The Labute approximate surface area is 116 Å². The van der Waals surface area contributed by atoms with Crippen LogP contribution in [-0.4, -0.2) is 53.4 Å². The van der Waals surface area contributed by atoms with Gasteiger partial charge in [0.1, 0.15) is 5.82 Å². The van der Waals surface area contributed by atoms with E-state index in [1.54, 1.807) is 6.92 Å². The molecule has 1 aromatic rings. The molecule has 0 atom stereocenters. The van der Waals surface area contributed by atoms with Gasteiger partial charge in [-0.25, -0.2) is 17.7 Å². The van der Waals surface area contributed by atoms with Gasteiger partial charge < -0.3 is 5.32 Å². The second-order valence-electron chi connectivity index (χ2n) is 4.32. The van der Waals surface area contributed by atoms with Crippen molar-refractivity contribution >= 4 is 27.5 Å². The van der Waals surface area contributed by atoms with E-state index in [1.807, 2.05) is 0 Å². The first-order valence-electron chi connectivity index (χ1n) is 6.05. The zero-order valence-corrected chi connectivity index (χ0v) is 12.3. The van der Waals surface area contributed by atoms with Crippen molar-refractivity contribution in [3.63, 3.8) is 0 Å². The number of sulfonamides is 1. The van der Waals surface area contributed by atoms with Crippen LogP contribution in [0.3, 0.4) is 0 Å². The number of hydrogen-bond acceptors (Lipinski definition) is 6. The Kier molecular flexibility index (Phi) is 4.48. The van der Waals surface area contributed by atoms with E-state index >= 15 is 0 Å². The van der Waals surface area contributed by atoms with E-state index in [1.165, 1.54) is 4.31 Å². The maximum atomic E-state index is 11.9. The molecular formula is C10H16N4O3S2. The highest BCUT2D eigenvalue weighted by Crippen LogP contribution is 2.12. The Balaban J connectivity index is 1.81. The van der Waals surface area contributed by atoms with Gasteiger partial charge in [0.15, 0.2) is 0 Å². The first-order chi connectivity index (χ1) is 8.99. The minimum atomic E-state index is -3.25. The lowest BCUT2D eigenvalue weighted by atomic mass is 10.4. The molecule has 0 bridgehead atoms. The van der Waals surface area contributed by atoms with Crippen molar-refractivity contribution < 1.29 is 13.2 Å². The van der Waals surface area contributed by atoms with Crippen LogP contribution in [-0.2, 0) is 10.0 Å². The van der Waals surface area contributed by atoms with E-state index in [0.29, 0.717) is 18.9 Å². The van der Waals surface area contributed by atoms with Gasteiger partial charge in [0, 0.05) is 19.6 Å². The molecule has 0 aliphatic carbocycles. The molecule has 0 unspecified atom stereocenters. The molecule has 19 heavy (non-hydrogen) atoms. The Bertz CT molecular complexity index is 549. The van der Waals surface area contributed by atoms with Crippen LogP contribution in [0.2, 0.25) is 0 Å².